The average Bonchev–Trinajstić information content (AvgIpc) is 2.79. The molecule has 3 nitrogen and oxygen atoms in total. The molecule has 0 amide bonds. The molecule has 0 bridgehead atoms. The number of ether oxygens (including phenoxy) is 2. The second-order valence-corrected chi connectivity index (χ2v) is 4.74. The Bertz CT molecular complexity index is 211. The third kappa shape index (κ3) is 4.65. The summed E-state index contributed by atoms with van der Waals surface area (Å²) in [5.41, 5.74) is 0.131. The lowest BCUT2D eigenvalue weighted by Gasteiger charge is -2.00. The first-order valence-corrected chi connectivity index (χ1v) is 5.81. The minimum Gasteiger partial charge on any atom is -0.469 e. The van der Waals surface area contributed by atoms with Crippen molar-refractivity contribution in [3.05, 3.63) is 0 Å². The normalized spacial score (nSPS) is 22.5. The fraction of sp³-hybridized carbons (Fsp3) is 0.917. The summed E-state index contributed by atoms with van der Waals surface area (Å²) in [5, 5.41) is 0. The third-order valence-corrected chi connectivity index (χ3v) is 2.99. The number of hydrogen-bond donors (Lipinski definition) is 0. The molecule has 1 aliphatic heterocycles. The third-order valence-electron chi connectivity index (χ3n) is 2.99. The van der Waals surface area contributed by atoms with Crippen molar-refractivity contribution in [3.8, 4) is 0 Å². The minimum atomic E-state index is -0.0957. The molecule has 3 heteroatoms. The molecule has 88 valence electrons. The molecule has 0 spiro atoms. The van der Waals surface area contributed by atoms with Crippen LogP contribution in [0, 0.1) is 0 Å². The lowest BCUT2D eigenvalue weighted by molar-refractivity contribution is -0.140. The van der Waals surface area contributed by atoms with Gasteiger partial charge in [0.1, 0.15) is 0 Å². The van der Waals surface area contributed by atoms with Crippen molar-refractivity contribution in [2.45, 2.75) is 64.1 Å². The highest BCUT2D eigenvalue weighted by Gasteiger charge is 2.46. The topological polar surface area (TPSA) is 38.8 Å². The largest absolute Gasteiger partial charge is 0.469 e. The molecule has 0 aliphatic carbocycles. The number of esters is 1. The maximum Gasteiger partial charge on any atom is 0.305 e. The molecule has 1 aliphatic rings. The van der Waals surface area contributed by atoms with E-state index >= 15 is 0 Å². The lowest BCUT2D eigenvalue weighted by Crippen LogP contribution is -2.02. The average molecular weight is 214 g/mol. The van der Waals surface area contributed by atoms with E-state index in [0.29, 0.717) is 12.5 Å². The maximum atomic E-state index is 10.8. The molecular formula is C12H22O3. The van der Waals surface area contributed by atoms with Gasteiger partial charge in [0, 0.05) is 6.42 Å². The number of epoxide rings is 1. The quantitative estimate of drug-likeness (QED) is 0.371. The number of unbranched alkanes of at least 4 members (excludes halogenated alkanes) is 3. The highest BCUT2D eigenvalue weighted by molar-refractivity contribution is 5.68. The molecule has 0 N–H and O–H groups in total. The number of carbonyl (C=O) groups is 1. The summed E-state index contributed by atoms with van der Waals surface area (Å²) in [6, 6.07) is 0. The van der Waals surface area contributed by atoms with Gasteiger partial charge in [-0.05, 0) is 26.7 Å². The first-order chi connectivity index (χ1) is 7.06. The van der Waals surface area contributed by atoms with Gasteiger partial charge in [0.25, 0.3) is 0 Å². The van der Waals surface area contributed by atoms with Gasteiger partial charge in [0.2, 0.25) is 0 Å². The van der Waals surface area contributed by atoms with Crippen molar-refractivity contribution in [2.24, 2.45) is 0 Å². The molecule has 1 heterocycles. The number of carbonyl (C=O) groups excluding carboxylic acids is 1. The van der Waals surface area contributed by atoms with Crippen molar-refractivity contribution in [1.82, 2.24) is 0 Å². The van der Waals surface area contributed by atoms with Crippen molar-refractivity contribution in [2.75, 3.05) is 7.11 Å². The van der Waals surface area contributed by atoms with E-state index in [-0.39, 0.29) is 11.6 Å². The lowest BCUT2D eigenvalue weighted by atomic mass is 10.0. The first-order valence-electron chi connectivity index (χ1n) is 5.81. The Morgan fingerprint density at radius 1 is 1.27 bits per heavy atom. The van der Waals surface area contributed by atoms with Gasteiger partial charge in [0.05, 0.1) is 18.8 Å². The summed E-state index contributed by atoms with van der Waals surface area (Å²) < 4.78 is 10.1. The van der Waals surface area contributed by atoms with Gasteiger partial charge in [-0.15, -0.1) is 0 Å². The zero-order valence-corrected chi connectivity index (χ0v) is 10.0. The Balaban J connectivity index is 1.84. The van der Waals surface area contributed by atoms with E-state index in [1.54, 1.807) is 0 Å². The Morgan fingerprint density at radius 2 is 1.87 bits per heavy atom. The first kappa shape index (κ1) is 12.5. The molecule has 1 unspecified atom stereocenters. The number of hydrogen-bond acceptors (Lipinski definition) is 3. The molecule has 0 saturated carbocycles. The van der Waals surface area contributed by atoms with Gasteiger partial charge in [-0.25, -0.2) is 0 Å². The van der Waals surface area contributed by atoms with Crippen LogP contribution in [0.5, 0.6) is 0 Å². The molecule has 1 saturated heterocycles. The van der Waals surface area contributed by atoms with E-state index < -0.39 is 0 Å². The van der Waals surface area contributed by atoms with Crippen LogP contribution in [-0.4, -0.2) is 24.8 Å². The summed E-state index contributed by atoms with van der Waals surface area (Å²) in [7, 11) is 1.44. The van der Waals surface area contributed by atoms with Crippen LogP contribution in [0.3, 0.4) is 0 Å². The van der Waals surface area contributed by atoms with Gasteiger partial charge in [0.15, 0.2) is 0 Å². The molecule has 1 atom stereocenters. The van der Waals surface area contributed by atoms with Crippen LogP contribution >= 0.6 is 0 Å². The summed E-state index contributed by atoms with van der Waals surface area (Å²) in [5.74, 6) is -0.0957. The van der Waals surface area contributed by atoms with Crippen LogP contribution in [0.2, 0.25) is 0 Å². The SMILES string of the molecule is COC(=O)CCCCCCC1OC1(C)C. The molecule has 0 aromatic rings. The Morgan fingerprint density at radius 3 is 2.40 bits per heavy atom. The van der Waals surface area contributed by atoms with Gasteiger partial charge in [-0.3, -0.25) is 4.79 Å². The van der Waals surface area contributed by atoms with E-state index in [4.69, 9.17) is 4.74 Å². The Labute approximate surface area is 92.1 Å². The molecule has 0 aromatic heterocycles. The molecule has 1 rings (SSSR count). The summed E-state index contributed by atoms with van der Waals surface area (Å²) in [6.07, 6.45) is 6.64. The van der Waals surface area contributed by atoms with Crippen molar-refractivity contribution < 1.29 is 14.3 Å². The van der Waals surface area contributed by atoms with Crippen LogP contribution < -0.4 is 0 Å². The van der Waals surface area contributed by atoms with E-state index in [1.807, 2.05) is 0 Å². The number of rotatable bonds is 7. The van der Waals surface area contributed by atoms with Gasteiger partial charge >= 0.3 is 5.97 Å². The summed E-state index contributed by atoms with van der Waals surface area (Å²) in [4.78, 5) is 10.8. The molecule has 0 radical (unpaired) electrons. The van der Waals surface area contributed by atoms with Crippen LogP contribution in [0.4, 0.5) is 0 Å². The zero-order chi connectivity index (χ0) is 11.3. The minimum absolute atomic E-state index is 0.0957. The van der Waals surface area contributed by atoms with Crippen molar-refractivity contribution >= 4 is 5.97 Å². The number of methoxy groups -OCH3 is 1. The molecule has 1 fully saturated rings. The highest BCUT2D eigenvalue weighted by Crippen LogP contribution is 2.38. The second kappa shape index (κ2) is 5.50. The van der Waals surface area contributed by atoms with Crippen LogP contribution in [0.25, 0.3) is 0 Å². The Hall–Kier alpha value is -0.570. The second-order valence-electron chi connectivity index (χ2n) is 4.74. The maximum absolute atomic E-state index is 10.8. The molecular weight excluding hydrogens is 192 g/mol. The summed E-state index contributed by atoms with van der Waals surface area (Å²) >= 11 is 0. The van der Waals surface area contributed by atoms with Crippen molar-refractivity contribution in [3.63, 3.8) is 0 Å². The smallest absolute Gasteiger partial charge is 0.305 e. The monoisotopic (exact) mass is 214 g/mol. The van der Waals surface area contributed by atoms with E-state index in [2.05, 4.69) is 18.6 Å². The molecule has 0 aromatic carbocycles. The Kier molecular flexibility index (Phi) is 4.58. The highest BCUT2D eigenvalue weighted by atomic mass is 16.6. The van der Waals surface area contributed by atoms with Gasteiger partial charge in [-0.2, -0.15) is 0 Å². The predicted molar refractivity (Wildman–Crippen MR) is 58.7 cm³/mol. The van der Waals surface area contributed by atoms with E-state index in [9.17, 15) is 4.79 Å². The van der Waals surface area contributed by atoms with Gasteiger partial charge in [-0.1, -0.05) is 19.3 Å². The van der Waals surface area contributed by atoms with E-state index in [1.165, 1.54) is 20.0 Å². The van der Waals surface area contributed by atoms with Crippen molar-refractivity contribution in [1.29, 1.82) is 0 Å². The predicted octanol–water partition coefficient (Wildman–Crippen LogP) is 2.68. The van der Waals surface area contributed by atoms with Gasteiger partial charge < -0.3 is 9.47 Å². The zero-order valence-electron chi connectivity index (χ0n) is 10.0. The fourth-order valence-corrected chi connectivity index (χ4v) is 1.79. The van der Waals surface area contributed by atoms with Crippen LogP contribution in [-0.2, 0) is 14.3 Å². The van der Waals surface area contributed by atoms with Crippen LogP contribution in [0.1, 0.15) is 52.4 Å². The standard InChI is InChI=1S/C12H22O3/c1-12(2)10(15-12)8-6-4-5-7-9-11(13)14-3/h10H,4-9H2,1-3H3. The summed E-state index contributed by atoms with van der Waals surface area (Å²) in [6.45, 7) is 4.27. The fourth-order valence-electron chi connectivity index (χ4n) is 1.79. The molecule has 15 heavy (non-hydrogen) atoms. The van der Waals surface area contributed by atoms with Crippen LogP contribution in [0.15, 0.2) is 0 Å². The van der Waals surface area contributed by atoms with E-state index in [0.717, 1.165) is 19.3 Å².